The average Bonchev–Trinajstić information content (AvgIpc) is 3.21. The second-order valence-electron chi connectivity index (χ2n) is 5.55. The van der Waals surface area contributed by atoms with Gasteiger partial charge in [0.05, 0.1) is 12.8 Å². The molecule has 1 amide bonds. The molecule has 0 atom stereocenters. The molecule has 1 N–H and O–H groups in total. The third-order valence-electron chi connectivity index (χ3n) is 3.54. The van der Waals surface area contributed by atoms with Crippen molar-refractivity contribution in [3.8, 4) is 17.0 Å². The van der Waals surface area contributed by atoms with E-state index in [0.29, 0.717) is 17.5 Å². The quantitative estimate of drug-likeness (QED) is 0.689. The third kappa shape index (κ3) is 4.25. The minimum absolute atomic E-state index is 0.0781. The van der Waals surface area contributed by atoms with Crippen molar-refractivity contribution in [2.45, 2.75) is 13.5 Å². The fourth-order valence-electron chi connectivity index (χ4n) is 2.32. The highest BCUT2D eigenvalue weighted by atomic mass is 16.5. The van der Waals surface area contributed by atoms with Crippen molar-refractivity contribution in [2.24, 2.45) is 7.05 Å². The number of methoxy groups -OCH3 is 1. The van der Waals surface area contributed by atoms with E-state index in [4.69, 9.17) is 14.0 Å². The molecule has 0 bridgehead atoms. The maximum absolute atomic E-state index is 12.0. The molecule has 26 heavy (non-hydrogen) atoms. The fraction of sp³-hybridized carbons (Fsp3) is 0.294. The highest BCUT2D eigenvalue weighted by Crippen LogP contribution is 2.24. The number of hydrogen-bond donors (Lipinski definition) is 1. The molecular weight excluding hydrogens is 338 g/mol. The number of carbonyl (C=O) groups excluding carboxylic acids is 1. The number of nitrogens with zero attached hydrogens (tertiary/aromatic N) is 4. The third-order valence-corrected chi connectivity index (χ3v) is 3.54. The van der Waals surface area contributed by atoms with Gasteiger partial charge < -0.3 is 19.3 Å². The Balaban J connectivity index is 1.59. The van der Waals surface area contributed by atoms with Gasteiger partial charge in [0, 0.05) is 18.7 Å². The normalized spacial score (nSPS) is 10.7. The summed E-state index contributed by atoms with van der Waals surface area (Å²) < 4.78 is 17.0. The van der Waals surface area contributed by atoms with Gasteiger partial charge in [0.25, 0.3) is 11.8 Å². The van der Waals surface area contributed by atoms with Gasteiger partial charge in [-0.1, -0.05) is 17.3 Å². The number of anilines is 1. The van der Waals surface area contributed by atoms with E-state index in [1.165, 1.54) is 0 Å². The summed E-state index contributed by atoms with van der Waals surface area (Å²) in [5.74, 6) is 1.85. The summed E-state index contributed by atoms with van der Waals surface area (Å²) in [4.78, 5) is 16.0. The van der Waals surface area contributed by atoms with E-state index >= 15 is 0 Å². The molecule has 0 aliphatic rings. The number of aryl methyl sites for hydroxylation is 2. The molecule has 0 spiro atoms. The Morgan fingerprint density at radius 1 is 1.35 bits per heavy atom. The lowest BCUT2D eigenvalue weighted by molar-refractivity contribution is -0.121. The Kier molecular flexibility index (Phi) is 5.28. The molecule has 0 fully saturated rings. The molecule has 2 heterocycles. The summed E-state index contributed by atoms with van der Waals surface area (Å²) in [5, 5.41) is 10.8. The Morgan fingerprint density at radius 2 is 2.19 bits per heavy atom. The van der Waals surface area contributed by atoms with Crippen LogP contribution in [0.15, 0.2) is 34.9 Å². The Morgan fingerprint density at radius 3 is 2.92 bits per heavy atom. The van der Waals surface area contributed by atoms with E-state index in [1.54, 1.807) is 31.8 Å². The van der Waals surface area contributed by atoms with E-state index in [1.807, 2.05) is 24.3 Å². The van der Waals surface area contributed by atoms with E-state index in [2.05, 4.69) is 20.6 Å². The second kappa shape index (κ2) is 7.79. The zero-order chi connectivity index (χ0) is 18.5. The largest absolute Gasteiger partial charge is 0.497 e. The molecule has 0 radical (unpaired) electrons. The summed E-state index contributed by atoms with van der Waals surface area (Å²) in [6.07, 6.45) is 0. The first kappa shape index (κ1) is 17.6. The highest BCUT2D eigenvalue weighted by Gasteiger charge is 2.12. The minimum Gasteiger partial charge on any atom is -0.497 e. The van der Waals surface area contributed by atoms with Gasteiger partial charge in [0.1, 0.15) is 24.8 Å². The maximum Gasteiger partial charge on any atom is 0.252 e. The molecule has 0 saturated heterocycles. The van der Waals surface area contributed by atoms with E-state index in [0.717, 1.165) is 17.0 Å². The standard InChI is InChI=1S/C17H19N5O4/c1-11-18-17(26-21-11)10-25-9-16(23)19-15-8-14(20-22(15)2)12-5-4-6-13(7-12)24-3/h4-8H,9-10H2,1-3H3,(H,19,23). The number of amides is 1. The van der Waals surface area contributed by atoms with Crippen LogP contribution in [0, 0.1) is 6.92 Å². The van der Waals surface area contributed by atoms with Crippen LogP contribution >= 0.6 is 0 Å². The predicted octanol–water partition coefficient (Wildman–Crippen LogP) is 1.94. The minimum atomic E-state index is -0.304. The molecule has 0 aliphatic carbocycles. The van der Waals surface area contributed by atoms with Crippen molar-refractivity contribution in [3.05, 3.63) is 42.0 Å². The molecule has 0 saturated carbocycles. The van der Waals surface area contributed by atoms with Crippen LogP contribution in [-0.4, -0.2) is 39.5 Å². The average molecular weight is 357 g/mol. The van der Waals surface area contributed by atoms with Crippen molar-refractivity contribution in [3.63, 3.8) is 0 Å². The molecule has 1 aromatic carbocycles. The zero-order valence-corrected chi connectivity index (χ0v) is 14.7. The summed E-state index contributed by atoms with van der Waals surface area (Å²) in [6, 6.07) is 9.33. The van der Waals surface area contributed by atoms with Crippen LogP contribution in [-0.2, 0) is 23.2 Å². The number of aromatic nitrogens is 4. The topological polar surface area (TPSA) is 104 Å². The molecule has 136 valence electrons. The Labute approximate surface area is 149 Å². The van der Waals surface area contributed by atoms with Crippen LogP contribution in [0.25, 0.3) is 11.3 Å². The molecule has 0 aliphatic heterocycles. The highest BCUT2D eigenvalue weighted by molar-refractivity contribution is 5.91. The van der Waals surface area contributed by atoms with Crippen molar-refractivity contribution in [1.82, 2.24) is 19.9 Å². The Hall–Kier alpha value is -3.20. The van der Waals surface area contributed by atoms with Gasteiger partial charge in [0.15, 0.2) is 5.82 Å². The SMILES string of the molecule is COc1cccc(-c2cc(NC(=O)COCc3nc(C)no3)n(C)n2)c1. The molecule has 0 unspecified atom stereocenters. The van der Waals surface area contributed by atoms with Gasteiger partial charge in [-0.3, -0.25) is 9.48 Å². The van der Waals surface area contributed by atoms with Crippen LogP contribution in [0.2, 0.25) is 0 Å². The molecule has 2 aromatic heterocycles. The van der Waals surface area contributed by atoms with Crippen LogP contribution in [0.3, 0.4) is 0 Å². The number of ether oxygens (including phenoxy) is 2. The van der Waals surface area contributed by atoms with Gasteiger partial charge >= 0.3 is 0 Å². The van der Waals surface area contributed by atoms with E-state index in [-0.39, 0.29) is 19.1 Å². The van der Waals surface area contributed by atoms with Crippen LogP contribution in [0.4, 0.5) is 5.82 Å². The number of nitrogens with one attached hydrogen (secondary N) is 1. The summed E-state index contributed by atoms with van der Waals surface area (Å²) >= 11 is 0. The molecule has 3 aromatic rings. The first-order valence-electron chi connectivity index (χ1n) is 7.90. The van der Waals surface area contributed by atoms with Gasteiger partial charge in [0.2, 0.25) is 0 Å². The molecule has 3 rings (SSSR count). The number of rotatable bonds is 7. The molecule has 9 nitrogen and oxygen atoms in total. The Bertz CT molecular complexity index is 902. The van der Waals surface area contributed by atoms with E-state index in [9.17, 15) is 4.79 Å². The lowest BCUT2D eigenvalue weighted by Gasteiger charge is -2.04. The van der Waals surface area contributed by atoms with Gasteiger partial charge in [-0.25, -0.2) is 0 Å². The summed E-state index contributed by atoms with van der Waals surface area (Å²) in [7, 11) is 3.36. The van der Waals surface area contributed by atoms with Gasteiger partial charge in [-0.05, 0) is 19.1 Å². The van der Waals surface area contributed by atoms with Crippen molar-refractivity contribution in [2.75, 3.05) is 19.0 Å². The van der Waals surface area contributed by atoms with Crippen molar-refractivity contribution >= 4 is 11.7 Å². The summed E-state index contributed by atoms with van der Waals surface area (Å²) in [6.45, 7) is 1.65. The lowest BCUT2D eigenvalue weighted by Crippen LogP contribution is -2.19. The van der Waals surface area contributed by atoms with Gasteiger partial charge in [-0.2, -0.15) is 10.1 Å². The first-order chi connectivity index (χ1) is 12.5. The van der Waals surface area contributed by atoms with E-state index < -0.39 is 0 Å². The molecular formula is C17H19N5O4. The van der Waals surface area contributed by atoms with Crippen LogP contribution < -0.4 is 10.1 Å². The lowest BCUT2D eigenvalue weighted by atomic mass is 10.1. The van der Waals surface area contributed by atoms with Crippen molar-refractivity contribution < 1.29 is 18.8 Å². The monoisotopic (exact) mass is 357 g/mol. The smallest absolute Gasteiger partial charge is 0.252 e. The van der Waals surface area contributed by atoms with Crippen LogP contribution in [0.5, 0.6) is 5.75 Å². The zero-order valence-electron chi connectivity index (χ0n) is 14.7. The summed E-state index contributed by atoms with van der Waals surface area (Å²) in [5.41, 5.74) is 1.62. The first-order valence-corrected chi connectivity index (χ1v) is 7.90. The van der Waals surface area contributed by atoms with Gasteiger partial charge in [-0.15, -0.1) is 0 Å². The fourth-order valence-corrected chi connectivity index (χ4v) is 2.32. The molecule has 9 heteroatoms. The van der Waals surface area contributed by atoms with Crippen molar-refractivity contribution in [1.29, 1.82) is 0 Å². The number of benzene rings is 1. The maximum atomic E-state index is 12.0. The van der Waals surface area contributed by atoms with Crippen LogP contribution in [0.1, 0.15) is 11.7 Å². The number of hydrogen-bond acceptors (Lipinski definition) is 7. The predicted molar refractivity (Wildman–Crippen MR) is 92.5 cm³/mol. The number of carbonyl (C=O) groups is 1. The second-order valence-corrected chi connectivity index (χ2v) is 5.55.